The quantitative estimate of drug-likeness (QED) is 0.544. The molecule has 2 aromatic heterocycles. The maximum absolute atomic E-state index is 4.52. The zero-order valence-electron chi connectivity index (χ0n) is 13.7. The molecule has 0 atom stereocenters. The predicted molar refractivity (Wildman–Crippen MR) is 103 cm³/mol. The molecule has 0 aliphatic carbocycles. The van der Waals surface area contributed by atoms with E-state index in [9.17, 15) is 0 Å². The van der Waals surface area contributed by atoms with Crippen LogP contribution in [0.3, 0.4) is 0 Å². The molecule has 5 heteroatoms. The van der Waals surface area contributed by atoms with E-state index >= 15 is 0 Å². The summed E-state index contributed by atoms with van der Waals surface area (Å²) in [5, 5.41) is 6.48. The van der Waals surface area contributed by atoms with Gasteiger partial charge in [-0.15, -0.1) is 11.3 Å². The fraction of sp³-hybridized carbons (Fsp3) is 0.0500. The number of nitrogens with zero attached hydrogens (tertiary/aromatic N) is 3. The van der Waals surface area contributed by atoms with Crippen LogP contribution >= 0.6 is 11.3 Å². The van der Waals surface area contributed by atoms with Gasteiger partial charge in [-0.3, -0.25) is 0 Å². The molecule has 4 aromatic rings. The Morgan fingerprint density at radius 3 is 2.32 bits per heavy atom. The van der Waals surface area contributed by atoms with Crippen LogP contribution in [0.1, 0.15) is 5.01 Å². The van der Waals surface area contributed by atoms with Gasteiger partial charge in [0.1, 0.15) is 12.1 Å². The van der Waals surface area contributed by atoms with Crippen LogP contribution in [0.15, 0.2) is 72.4 Å². The Labute approximate surface area is 150 Å². The summed E-state index contributed by atoms with van der Waals surface area (Å²) in [6.45, 7) is 2.02. The van der Waals surface area contributed by atoms with E-state index < -0.39 is 0 Å². The third kappa shape index (κ3) is 3.56. The maximum Gasteiger partial charge on any atom is 0.134 e. The van der Waals surface area contributed by atoms with Crippen molar-refractivity contribution < 1.29 is 0 Å². The lowest BCUT2D eigenvalue weighted by Crippen LogP contribution is -1.95. The highest BCUT2D eigenvalue weighted by Gasteiger charge is 2.04. The molecule has 0 radical (unpaired) electrons. The first kappa shape index (κ1) is 15.5. The first-order valence-electron chi connectivity index (χ1n) is 7.95. The molecule has 0 saturated heterocycles. The molecule has 25 heavy (non-hydrogen) atoms. The summed E-state index contributed by atoms with van der Waals surface area (Å²) in [5.41, 5.74) is 5.08. The molecule has 4 nitrogen and oxygen atoms in total. The van der Waals surface area contributed by atoms with Crippen molar-refractivity contribution in [2.24, 2.45) is 0 Å². The lowest BCUT2D eigenvalue weighted by Gasteiger charge is -2.08. The third-order valence-corrected chi connectivity index (χ3v) is 4.58. The normalized spacial score (nSPS) is 10.6. The van der Waals surface area contributed by atoms with Gasteiger partial charge < -0.3 is 5.32 Å². The Kier molecular flexibility index (Phi) is 4.23. The number of anilines is 2. The first-order valence-corrected chi connectivity index (χ1v) is 8.83. The second kappa shape index (κ2) is 6.83. The zero-order chi connectivity index (χ0) is 17.1. The lowest BCUT2D eigenvalue weighted by atomic mass is 10.1. The van der Waals surface area contributed by atoms with Gasteiger partial charge in [0.15, 0.2) is 0 Å². The minimum Gasteiger partial charge on any atom is -0.340 e. The standard InChI is InChI=1S/C20H16N4S/c1-14-23-19(12-25-14)16-7-9-17(10-8-16)24-20-11-18(21-13-22-20)15-5-3-2-4-6-15/h2-13H,1H3,(H,21,22,24). The van der Waals surface area contributed by atoms with Gasteiger partial charge in [-0.25, -0.2) is 15.0 Å². The van der Waals surface area contributed by atoms with Gasteiger partial charge in [-0.05, 0) is 19.1 Å². The molecule has 0 bridgehead atoms. The number of benzene rings is 2. The van der Waals surface area contributed by atoms with Crippen molar-refractivity contribution in [3.8, 4) is 22.5 Å². The van der Waals surface area contributed by atoms with Crippen LogP contribution in [-0.2, 0) is 0 Å². The van der Waals surface area contributed by atoms with E-state index in [1.807, 2.05) is 55.5 Å². The van der Waals surface area contributed by atoms with Crippen molar-refractivity contribution >= 4 is 22.8 Å². The predicted octanol–water partition coefficient (Wildman–Crippen LogP) is 5.32. The van der Waals surface area contributed by atoms with E-state index in [1.54, 1.807) is 17.7 Å². The average molecular weight is 344 g/mol. The number of rotatable bonds is 4. The molecule has 2 heterocycles. The Morgan fingerprint density at radius 2 is 1.60 bits per heavy atom. The van der Waals surface area contributed by atoms with Crippen molar-refractivity contribution in [3.63, 3.8) is 0 Å². The molecule has 2 aromatic carbocycles. The topological polar surface area (TPSA) is 50.7 Å². The molecule has 0 aliphatic heterocycles. The highest BCUT2D eigenvalue weighted by molar-refractivity contribution is 7.09. The number of nitrogens with one attached hydrogen (secondary N) is 1. The van der Waals surface area contributed by atoms with Crippen molar-refractivity contribution in [3.05, 3.63) is 77.4 Å². The van der Waals surface area contributed by atoms with E-state index in [1.165, 1.54) is 0 Å². The molecule has 0 saturated carbocycles. The van der Waals surface area contributed by atoms with Crippen LogP contribution in [-0.4, -0.2) is 15.0 Å². The summed E-state index contributed by atoms with van der Waals surface area (Å²) in [4.78, 5) is 13.2. The van der Waals surface area contributed by atoms with Crippen LogP contribution in [0.5, 0.6) is 0 Å². The number of thiazole rings is 1. The van der Waals surface area contributed by atoms with Gasteiger partial charge in [-0.1, -0.05) is 42.5 Å². The Morgan fingerprint density at radius 1 is 0.840 bits per heavy atom. The summed E-state index contributed by atoms with van der Waals surface area (Å²) in [5.74, 6) is 0.770. The van der Waals surface area contributed by atoms with Crippen LogP contribution in [0.2, 0.25) is 0 Å². The van der Waals surface area contributed by atoms with Gasteiger partial charge in [0.05, 0.1) is 16.4 Å². The Balaban J connectivity index is 1.54. The summed E-state index contributed by atoms with van der Waals surface area (Å²) in [7, 11) is 0. The molecular weight excluding hydrogens is 328 g/mol. The fourth-order valence-corrected chi connectivity index (χ4v) is 3.18. The molecule has 4 rings (SSSR count). The highest BCUT2D eigenvalue weighted by atomic mass is 32.1. The largest absolute Gasteiger partial charge is 0.340 e. The molecular formula is C20H16N4S. The SMILES string of the molecule is Cc1nc(-c2ccc(Nc3cc(-c4ccccc4)ncn3)cc2)cs1. The molecule has 0 aliphatic rings. The molecule has 0 amide bonds. The molecule has 1 N–H and O–H groups in total. The summed E-state index contributed by atoms with van der Waals surface area (Å²) in [6.07, 6.45) is 1.58. The Hall–Kier alpha value is -3.05. The van der Waals surface area contributed by atoms with E-state index in [0.29, 0.717) is 0 Å². The molecule has 0 spiro atoms. The van der Waals surface area contributed by atoms with Gasteiger partial charge in [0.25, 0.3) is 0 Å². The summed E-state index contributed by atoms with van der Waals surface area (Å²) in [6, 6.07) is 20.2. The van der Waals surface area contributed by atoms with Crippen molar-refractivity contribution in [1.29, 1.82) is 0 Å². The minimum absolute atomic E-state index is 0.770. The van der Waals surface area contributed by atoms with Crippen molar-refractivity contribution in [2.75, 3.05) is 5.32 Å². The molecule has 122 valence electrons. The summed E-state index contributed by atoms with van der Waals surface area (Å²) >= 11 is 1.66. The minimum atomic E-state index is 0.770. The van der Waals surface area contributed by atoms with Crippen LogP contribution in [0.4, 0.5) is 11.5 Å². The number of hydrogen-bond acceptors (Lipinski definition) is 5. The van der Waals surface area contributed by atoms with Gasteiger partial charge >= 0.3 is 0 Å². The fourth-order valence-electron chi connectivity index (χ4n) is 2.56. The lowest BCUT2D eigenvalue weighted by molar-refractivity contribution is 1.17. The molecule has 0 unspecified atom stereocenters. The Bertz CT molecular complexity index is 978. The van der Waals surface area contributed by atoms with Crippen molar-refractivity contribution in [2.45, 2.75) is 6.92 Å². The number of hydrogen-bond donors (Lipinski definition) is 1. The van der Waals surface area contributed by atoms with E-state index in [-0.39, 0.29) is 0 Å². The highest BCUT2D eigenvalue weighted by Crippen LogP contribution is 2.25. The van der Waals surface area contributed by atoms with Crippen molar-refractivity contribution in [1.82, 2.24) is 15.0 Å². The first-order chi connectivity index (χ1) is 12.3. The number of aryl methyl sites for hydroxylation is 1. The maximum atomic E-state index is 4.52. The van der Waals surface area contributed by atoms with E-state index in [2.05, 4.69) is 37.8 Å². The smallest absolute Gasteiger partial charge is 0.134 e. The summed E-state index contributed by atoms with van der Waals surface area (Å²) < 4.78 is 0. The van der Waals surface area contributed by atoms with E-state index in [4.69, 9.17) is 0 Å². The van der Waals surface area contributed by atoms with Crippen LogP contribution in [0, 0.1) is 6.92 Å². The second-order valence-corrected chi connectivity index (χ2v) is 6.67. The molecule has 0 fully saturated rings. The third-order valence-electron chi connectivity index (χ3n) is 3.81. The van der Waals surface area contributed by atoms with Gasteiger partial charge in [-0.2, -0.15) is 0 Å². The second-order valence-electron chi connectivity index (χ2n) is 5.61. The number of aromatic nitrogens is 3. The van der Waals surface area contributed by atoms with Gasteiger partial charge in [0, 0.05) is 28.3 Å². The average Bonchev–Trinajstić information content (AvgIpc) is 3.10. The monoisotopic (exact) mass is 344 g/mol. The van der Waals surface area contributed by atoms with E-state index in [0.717, 1.165) is 39.0 Å². The van der Waals surface area contributed by atoms with Crippen LogP contribution < -0.4 is 5.32 Å². The van der Waals surface area contributed by atoms with Gasteiger partial charge in [0.2, 0.25) is 0 Å². The van der Waals surface area contributed by atoms with Crippen LogP contribution in [0.25, 0.3) is 22.5 Å². The zero-order valence-corrected chi connectivity index (χ0v) is 14.5.